The first-order valence-electron chi connectivity index (χ1n) is 16.1. The molecule has 1 aliphatic carbocycles. The minimum atomic E-state index is -4.67. The third-order valence-corrected chi connectivity index (χ3v) is 8.79. The summed E-state index contributed by atoms with van der Waals surface area (Å²) in [7, 11) is 0. The smallest absolute Gasteiger partial charge is 0.416 e. The van der Waals surface area contributed by atoms with Gasteiger partial charge in [-0.25, -0.2) is 19.3 Å². The lowest BCUT2D eigenvalue weighted by Gasteiger charge is -2.32. The largest absolute Gasteiger partial charge is 0.464 e. The summed E-state index contributed by atoms with van der Waals surface area (Å²) in [6, 6.07) is 7.47. The minimum Gasteiger partial charge on any atom is -0.464 e. The standard InChI is InChI=1S/C34H45F3N4O6S/c1-32(2,3)46-29(42)39-15-17-40(31(45)47-33(4,5)6)16-9-14-38-24-19-23(34(35,36)37)20-27-28(24)41(30(43)44)25-13-12-22(18-26(25)48-27)21-10-7-8-11-21/h12-13,18-21,38H,7-11,14-17H2,1-6H3,(H,39,42)(H,43,44). The summed E-state index contributed by atoms with van der Waals surface area (Å²) in [4.78, 5) is 40.9. The van der Waals surface area contributed by atoms with E-state index in [0.717, 1.165) is 60.0 Å². The van der Waals surface area contributed by atoms with Crippen molar-refractivity contribution in [2.45, 2.75) is 107 Å². The van der Waals surface area contributed by atoms with Gasteiger partial charge in [0.05, 0.1) is 22.6 Å². The van der Waals surface area contributed by atoms with Crippen molar-refractivity contribution in [1.82, 2.24) is 10.2 Å². The van der Waals surface area contributed by atoms with Gasteiger partial charge in [0.15, 0.2) is 0 Å². The summed E-state index contributed by atoms with van der Waals surface area (Å²) in [5, 5.41) is 15.9. The van der Waals surface area contributed by atoms with Crippen molar-refractivity contribution in [1.29, 1.82) is 0 Å². The summed E-state index contributed by atoms with van der Waals surface area (Å²) in [5.74, 6) is 0.350. The van der Waals surface area contributed by atoms with Gasteiger partial charge in [0, 0.05) is 36.0 Å². The molecule has 264 valence electrons. The van der Waals surface area contributed by atoms with Crippen molar-refractivity contribution in [3.05, 3.63) is 41.5 Å². The lowest BCUT2D eigenvalue weighted by molar-refractivity contribution is -0.137. The monoisotopic (exact) mass is 694 g/mol. The molecule has 1 saturated carbocycles. The van der Waals surface area contributed by atoms with Crippen molar-refractivity contribution in [2.75, 3.05) is 36.4 Å². The third-order valence-electron chi connectivity index (χ3n) is 7.71. The number of halogens is 3. The zero-order chi connectivity index (χ0) is 35.4. The van der Waals surface area contributed by atoms with E-state index in [4.69, 9.17) is 9.47 Å². The van der Waals surface area contributed by atoms with Gasteiger partial charge in [-0.2, -0.15) is 13.2 Å². The molecule has 4 rings (SSSR count). The Morgan fingerprint density at radius 2 is 1.60 bits per heavy atom. The van der Waals surface area contributed by atoms with E-state index >= 15 is 0 Å². The molecule has 1 fully saturated rings. The predicted molar refractivity (Wildman–Crippen MR) is 179 cm³/mol. The molecule has 3 N–H and O–H groups in total. The molecule has 1 heterocycles. The quantitative estimate of drug-likeness (QED) is 0.222. The van der Waals surface area contributed by atoms with E-state index < -0.39 is 41.2 Å². The van der Waals surface area contributed by atoms with Crippen molar-refractivity contribution < 1.29 is 42.1 Å². The van der Waals surface area contributed by atoms with Gasteiger partial charge in [0.25, 0.3) is 0 Å². The van der Waals surface area contributed by atoms with Gasteiger partial charge >= 0.3 is 24.5 Å². The topological polar surface area (TPSA) is 120 Å². The van der Waals surface area contributed by atoms with Gasteiger partial charge < -0.3 is 30.1 Å². The van der Waals surface area contributed by atoms with Crippen molar-refractivity contribution in [3.63, 3.8) is 0 Å². The summed E-state index contributed by atoms with van der Waals surface area (Å²) in [5.41, 5.74) is -0.802. The van der Waals surface area contributed by atoms with Crippen LogP contribution < -0.4 is 15.5 Å². The molecular formula is C34H45F3N4O6S. The number of hydrogen-bond acceptors (Lipinski definition) is 7. The highest BCUT2D eigenvalue weighted by Gasteiger charge is 2.37. The molecule has 48 heavy (non-hydrogen) atoms. The molecule has 10 nitrogen and oxygen atoms in total. The molecule has 3 amide bonds. The number of carbonyl (C=O) groups is 3. The fourth-order valence-electron chi connectivity index (χ4n) is 5.68. The van der Waals surface area contributed by atoms with E-state index in [2.05, 4.69) is 10.6 Å². The highest BCUT2D eigenvalue weighted by atomic mass is 32.2. The number of amides is 3. The summed E-state index contributed by atoms with van der Waals surface area (Å²) in [6.07, 6.45) is -2.68. The molecule has 2 aromatic rings. The average molecular weight is 695 g/mol. The van der Waals surface area contributed by atoms with E-state index in [0.29, 0.717) is 16.5 Å². The zero-order valence-electron chi connectivity index (χ0n) is 28.3. The van der Waals surface area contributed by atoms with Gasteiger partial charge in [-0.15, -0.1) is 0 Å². The second kappa shape index (κ2) is 14.8. The second-order valence-corrected chi connectivity index (χ2v) is 15.1. The van der Waals surface area contributed by atoms with E-state index in [-0.39, 0.29) is 48.9 Å². The number of alkyl carbamates (subject to hydrolysis) is 1. The van der Waals surface area contributed by atoms with Gasteiger partial charge in [-0.3, -0.25) is 0 Å². The molecule has 0 spiro atoms. The van der Waals surface area contributed by atoms with Gasteiger partial charge in [-0.1, -0.05) is 30.7 Å². The number of hydrogen-bond donors (Lipinski definition) is 3. The van der Waals surface area contributed by atoms with Gasteiger partial charge in [0.2, 0.25) is 0 Å². The number of carboxylic acid groups (broad SMARTS) is 1. The summed E-state index contributed by atoms with van der Waals surface area (Å²) in [6.45, 7) is 10.8. The van der Waals surface area contributed by atoms with Crippen LogP contribution >= 0.6 is 11.8 Å². The van der Waals surface area contributed by atoms with Gasteiger partial charge in [-0.05, 0) is 96.6 Å². The lowest BCUT2D eigenvalue weighted by Crippen LogP contribution is -2.43. The summed E-state index contributed by atoms with van der Waals surface area (Å²) >= 11 is 1.13. The number of anilines is 3. The van der Waals surface area contributed by atoms with Crippen LogP contribution in [0.2, 0.25) is 0 Å². The highest BCUT2D eigenvalue weighted by molar-refractivity contribution is 7.99. The Balaban J connectivity index is 1.53. The van der Waals surface area contributed by atoms with Crippen molar-refractivity contribution in [3.8, 4) is 0 Å². The second-order valence-electron chi connectivity index (χ2n) is 14.0. The predicted octanol–water partition coefficient (Wildman–Crippen LogP) is 9.21. The van der Waals surface area contributed by atoms with Crippen LogP contribution in [0.4, 0.5) is 44.6 Å². The Bertz CT molecular complexity index is 1500. The number of ether oxygens (including phenoxy) is 2. The van der Waals surface area contributed by atoms with Crippen LogP contribution in [0.3, 0.4) is 0 Å². The average Bonchev–Trinajstić information content (AvgIpc) is 3.49. The molecule has 2 aromatic carbocycles. The Kier molecular flexibility index (Phi) is 11.4. The number of nitrogens with zero attached hydrogens (tertiary/aromatic N) is 2. The molecule has 1 aliphatic heterocycles. The number of rotatable bonds is 9. The molecular weight excluding hydrogens is 649 g/mol. The van der Waals surface area contributed by atoms with Crippen LogP contribution in [0.5, 0.6) is 0 Å². The molecule has 0 atom stereocenters. The SMILES string of the molecule is CC(C)(C)OC(=O)NCCN(CCCNc1cc(C(F)(F)F)cc2c1N(C(=O)O)c1ccc(C3CCCC3)cc1S2)C(=O)OC(C)(C)C. The Morgan fingerprint density at radius 3 is 2.21 bits per heavy atom. The molecule has 0 radical (unpaired) electrons. The maximum atomic E-state index is 14.1. The Morgan fingerprint density at radius 1 is 0.938 bits per heavy atom. The normalized spacial score (nSPS) is 15.0. The van der Waals surface area contributed by atoms with Crippen LogP contribution in [0, 0.1) is 0 Å². The minimum absolute atomic E-state index is 0.00987. The van der Waals surface area contributed by atoms with Crippen LogP contribution in [-0.4, -0.2) is 65.7 Å². The molecule has 0 saturated heterocycles. The lowest BCUT2D eigenvalue weighted by atomic mass is 9.97. The number of fused-ring (bicyclic) bond motifs is 2. The molecule has 0 bridgehead atoms. The number of carbonyl (C=O) groups excluding carboxylic acids is 2. The van der Waals surface area contributed by atoms with E-state index in [1.165, 1.54) is 4.90 Å². The number of alkyl halides is 3. The Labute approximate surface area is 283 Å². The highest BCUT2D eigenvalue weighted by Crippen LogP contribution is 2.54. The summed E-state index contributed by atoms with van der Waals surface area (Å²) < 4.78 is 53.0. The van der Waals surface area contributed by atoms with Gasteiger partial charge in [0.1, 0.15) is 11.2 Å². The molecule has 14 heteroatoms. The first-order chi connectivity index (χ1) is 22.3. The van der Waals surface area contributed by atoms with E-state index in [1.54, 1.807) is 47.6 Å². The van der Waals surface area contributed by atoms with Crippen molar-refractivity contribution >= 4 is 47.1 Å². The zero-order valence-corrected chi connectivity index (χ0v) is 29.1. The number of benzene rings is 2. The maximum absolute atomic E-state index is 14.1. The third kappa shape index (κ3) is 9.86. The maximum Gasteiger partial charge on any atom is 0.416 e. The van der Waals surface area contributed by atoms with Crippen LogP contribution in [0.15, 0.2) is 40.1 Å². The fraction of sp³-hybridized carbons (Fsp3) is 0.559. The first kappa shape index (κ1) is 37.0. The van der Waals surface area contributed by atoms with Crippen LogP contribution in [0.1, 0.15) is 90.7 Å². The molecule has 0 unspecified atom stereocenters. The van der Waals surface area contributed by atoms with E-state index in [9.17, 15) is 32.7 Å². The van der Waals surface area contributed by atoms with E-state index in [1.807, 2.05) is 12.1 Å². The van der Waals surface area contributed by atoms with Crippen molar-refractivity contribution in [2.24, 2.45) is 0 Å². The number of nitrogens with one attached hydrogen (secondary N) is 2. The Hall–Kier alpha value is -3.81. The fourth-order valence-corrected chi connectivity index (χ4v) is 6.86. The molecule has 0 aromatic heterocycles. The van der Waals surface area contributed by atoms with Crippen LogP contribution in [0.25, 0.3) is 0 Å². The first-order valence-corrected chi connectivity index (χ1v) is 16.9. The molecule has 2 aliphatic rings. The van der Waals surface area contributed by atoms with Crippen LogP contribution in [-0.2, 0) is 15.7 Å².